The Bertz CT molecular complexity index is 876. The minimum atomic E-state index is -0.991. The molecule has 3 rings (SSSR count). The Morgan fingerprint density at radius 2 is 1.88 bits per heavy atom. The van der Waals surface area contributed by atoms with E-state index in [2.05, 4.69) is 4.98 Å². The van der Waals surface area contributed by atoms with Crippen LogP contribution in [-0.4, -0.2) is 41.6 Å². The van der Waals surface area contributed by atoms with E-state index in [1.807, 2.05) is 4.90 Å². The van der Waals surface area contributed by atoms with Crippen LogP contribution in [0.2, 0.25) is 0 Å². The van der Waals surface area contributed by atoms with Crippen molar-refractivity contribution in [2.24, 2.45) is 7.05 Å². The molecule has 1 aromatic heterocycles. The van der Waals surface area contributed by atoms with E-state index in [9.17, 15) is 18.4 Å². The molecule has 1 saturated heterocycles. The first-order valence-electron chi connectivity index (χ1n) is 8.29. The summed E-state index contributed by atoms with van der Waals surface area (Å²) in [5.74, 6) is -1.32. The number of Topliss-reactive ketones (excluding diaryl/α,β-unsaturated/α-hetero) is 1. The van der Waals surface area contributed by atoms with Crippen LogP contribution >= 0.6 is 0 Å². The SMILES string of the molecule is Cn1c(CC(=O)Cc2ccc(F)c(F)c2)nc(N2CCOCC2)cc1=O. The molecule has 1 aliphatic rings. The van der Waals surface area contributed by atoms with E-state index >= 15 is 0 Å². The number of benzene rings is 1. The number of anilines is 1. The van der Waals surface area contributed by atoms with Crippen molar-refractivity contribution in [1.82, 2.24) is 9.55 Å². The van der Waals surface area contributed by atoms with Crippen molar-refractivity contribution in [3.63, 3.8) is 0 Å². The number of carbonyl (C=O) groups is 1. The first-order chi connectivity index (χ1) is 12.4. The fraction of sp³-hybridized carbons (Fsp3) is 0.389. The summed E-state index contributed by atoms with van der Waals surface area (Å²) in [6.45, 7) is 2.37. The van der Waals surface area contributed by atoms with Gasteiger partial charge in [0, 0.05) is 32.6 Å². The summed E-state index contributed by atoms with van der Waals surface area (Å²) in [4.78, 5) is 30.9. The highest BCUT2D eigenvalue weighted by atomic mass is 19.2. The van der Waals surface area contributed by atoms with Crippen LogP contribution in [0.3, 0.4) is 0 Å². The highest BCUT2D eigenvalue weighted by Crippen LogP contribution is 2.13. The molecule has 0 bridgehead atoms. The summed E-state index contributed by atoms with van der Waals surface area (Å²) in [5.41, 5.74) is 0.125. The number of nitrogens with zero attached hydrogens (tertiary/aromatic N) is 3. The number of morpholine rings is 1. The molecule has 0 N–H and O–H groups in total. The van der Waals surface area contributed by atoms with Crippen LogP contribution in [0.1, 0.15) is 11.4 Å². The maximum atomic E-state index is 13.3. The van der Waals surface area contributed by atoms with E-state index < -0.39 is 11.6 Å². The molecule has 0 aliphatic carbocycles. The molecule has 0 amide bonds. The molecule has 0 spiro atoms. The average molecular weight is 363 g/mol. The molecule has 2 heterocycles. The van der Waals surface area contributed by atoms with Gasteiger partial charge in [0.15, 0.2) is 11.6 Å². The van der Waals surface area contributed by atoms with Crippen molar-refractivity contribution >= 4 is 11.6 Å². The van der Waals surface area contributed by atoms with Gasteiger partial charge in [-0.15, -0.1) is 0 Å². The van der Waals surface area contributed by atoms with Crippen molar-refractivity contribution in [3.05, 3.63) is 57.6 Å². The molecule has 8 heteroatoms. The van der Waals surface area contributed by atoms with Gasteiger partial charge in [0.2, 0.25) is 0 Å². The van der Waals surface area contributed by atoms with Crippen LogP contribution in [-0.2, 0) is 29.4 Å². The molecular weight excluding hydrogens is 344 g/mol. The van der Waals surface area contributed by atoms with Gasteiger partial charge in [0.1, 0.15) is 17.4 Å². The van der Waals surface area contributed by atoms with Gasteiger partial charge < -0.3 is 9.64 Å². The van der Waals surface area contributed by atoms with Gasteiger partial charge in [-0.05, 0) is 17.7 Å². The second-order valence-electron chi connectivity index (χ2n) is 6.17. The summed E-state index contributed by atoms with van der Waals surface area (Å²) in [5, 5.41) is 0. The third-order valence-corrected chi connectivity index (χ3v) is 4.29. The standard InChI is InChI=1S/C18H19F2N3O3/c1-22-16(10-13(24)8-12-2-3-14(19)15(20)9-12)21-17(11-18(22)25)23-4-6-26-7-5-23/h2-3,9,11H,4-8,10H2,1H3. The van der Waals surface area contributed by atoms with Crippen LogP contribution in [0.4, 0.5) is 14.6 Å². The van der Waals surface area contributed by atoms with Crippen LogP contribution < -0.4 is 10.5 Å². The number of hydrogen-bond donors (Lipinski definition) is 0. The lowest BCUT2D eigenvalue weighted by Gasteiger charge is -2.28. The molecule has 0 atom stereocenters. The van der Waals surface area contributed by atoms with E-state index in [-0.39, 0.29) is 24.2 Å². The number of carbonyl (C=O) groups excluding carboxylic acids is 1. The van der Waals surface area contributed by atoms with Crippen LogP contribution in [0.15, 0.2) is 29.1 Å². The number of halogens is 2. The first kappa shape index (κ1) is 18.2. The van der Waals surface area contributed by atoms with Gasteiger partial charge >= 0.3 is 0 Å². The monoisotopic (exact) mass is 363 g/mol. The average Bonchev–Trinajstić information content (AvgIpc) is 2.62. The second kappa shape index (κ2) is 7.74. The van der Waals surface area contributed by atoms with Gasteiger partial charge in [-0.3, -0.25) is 14.2 Å². The number of hydrogen-bond acceptors (Lipinski definition) is 5. The minimum Gasteiger partial charge on any atom is -0.378 e. The topological polar surface area (TPSA) is 64.4 Å². The van der Waals surface area contributed by atoms with Crippen molar-refractivity contribution < 1.29 is 18.3 Å². The molecule has 138 valence electrons. The number of ether oxygens (including phenoxy) is 1. The summed E-state index contributed by atoms with van der Waals surface area (Å²) in [7, 11) is 1.55. The highest BCUT2D eigenvalue weighted by Gasteiger charge is 2.17. The number of aromatic nitrogens is 2. The summed E-state index contributed by atoms with van der Waals surface area (Å²) < 4.78 is 32.9. The predicted octanol–water partition coefficient (Wildman–Crippen LogP) is 1.25. The molecule has 26 heavy (non-hydrogen) atoms. The number of ketones is 1. The molecule has 1 fully saturated rings. The lowest BCUT2D eigenvalue weighted by atomic mass is 10.1. The molecule has 0 saturated carbocycles. The zero-order valence-corrected chi connectivity index (χ0v) is 14.4. The molecular formula is C18H19F2N3O3. The van der Waals surface area contributed by atoms with Crippen LogP contribution in [0.5, 0.6) is 0 Å². The Morgan fingerprint density at radius 1 is 1.15 bits per heavy atom. The minimum absolute atomic E-state index is 0.0607. The molecule has 0 unspecified atom stereocenters. The van der Waals surface area contributed by atoms with Gasteiger partial charge in [0.05, 0.1) is 19.6 Å². The van der Waals surface area contributed by atoms with E-state index in [0.717, 1.165) is 12.1 Å². The van der Waals surface area contributed by atoms with Gasteiger partial charge in [-0.25, -0.2) is 13.8 Å². The van der Waals surface area contributed by atoms with Gasteiger partial charge in [-0.1, -0.05) is 6.07 Å². The zero-order chi connectivity index (χ0) is 18.7. The maximum Gasteiger partial charge on any atom is 0.255 e. The maximum absolute atomic E-state index is 13.3. The molecule has 6 nitrogen and oxygen atoms in total. The zero-order valence-electron chi connectivity index (χ0n) is 14.4. The van der Waals surface area contributed by atoms with E-state index in [1.165, 1.54) is 16.7 Å². The number of rotatable bonds is 5. The van der Waals surface area contributed by atoms with Crippen molar-refractivity contribution in [1.29, 1.82) is 0 Å². The Labute approximate surface area is 149 Å². The Kier molecular flexibility index (Phi) is 5.41. The van der Waals surface area contributed by atoms with E-state index in [4.69, 9.17) is 4.74 Å². The predicted molar refractivity (Wildman–Crippen MR) is 91.3 cm³/mol. The summed E-state index contributed by atoms with van der Waals surface area (Å²) >= 11 is 0. The largest absolute Gasteiger partial charge is 0.378 e. The third-order valence-electron chi connectivity index (χ3n) is 4.29. The Morgan fingerprint density at radius 3 is 2.58 bits per heavy atom. The quantitative estimate of drug-likeness (QED) is 0.800. The summed E-state index contributed by atoms with van der Waals surface area (Å²) in [6.07, 6.45) is -0.127. The first-order valence-corrected chi connectivity index (χ1v) is 8.29. The highest BCUT2D eigenvalue weighted by molar-refractivity contribution is 5.82. The normalized spacial score (nSPS) is 14.5. The smallest absolute Gasteiger partial charge is 0.255 e. The Balaban J connectivity index is 1.77. The fourth-order valence-corrected chi connectivity index (χ4v) is 2.80. The third kappa shape index (κ3) is 4.13. The van der Waals surface area contributed by atoms with Gasteiger partial charge in [-0.2, -0.15) is 0 Å². The lowest BCUT2D eigenvalue weighted by Crippen LogP contribution is -2.38. The van der Waals surface area contributed by atoms with Crippen molar-refractivity contribution in [3.8, 4) is 0 Å². The Hall–Kier alpha value is -2.61. The van der Waals surface area contributed by atoms with Gasteiger partial charge in [0.25, 0.3) is 5.56 Å². The molecule has 1 aliphatic heterocycles. The molecule has 1 aromatic carbocycles. The molecule has 0 radical (unpaired) electrons. The fourth-order valence-electron chi connectivity index (χ4n) is 2.80. The summed E-state index contributed by atoms with van der Waals surface area (Å²) in [6, 6.07) is 4.80. The van der Waals surface area contributed by atoms with E-state index in [0.29, 0.717) is 43.5 Å². The molecule has 2 aromatic rings. The van der Waals surface area contributed by atoms with Crippen LogP contribution in [0, 0.1) is 11.6 Å². The van der Waals surface area contributed by atoms with E-state index in [1.54, 1.807) is 7.05 Å². The van der Waals surface area contributed by atoms with Crippen molar-refractivity contribution in [2.75, 3.05) is 31.2 Å². The van der Waals surface area contributed by atoms with Crippen LogP contribution in [0.25, 0.3) is 0 Å². The lowest BCUT2D eigenvalue weighted by molar-refractivity contribution is -0.117. The second-order valence-corrected chi connectivity index (χ2v) is 6.17. The van der Waals surface area contributed by atoms with Crippen molar-refractivity contribution in [2.45, 2.75) is 12.8 Å².